The number of ether oxygens (including phenoxy) is 2. The van der Waals surface area contributed by atoms with Crippen molar-refractivity contribution in [3.8, 4) is 11.5 Å². The van der Waals surface area contributed by atoms with Gasteiger partial charge in [0.25, 0.3) is 0 Å². The summed E-state index contributed by atoms with van der Waals surface area (Å²) in [5.41, 5.74) is 2.08. The lowest BCUT2D eigenvalue weighted by Crippen LogP contribution is -2.24. The average molecular weight is 289 g/mol. The van der Waals surface area contributed by atoms with Gasteiger partial charge in [0.05, 0.1) is 19.4 Å². The third kappa shape index (κ3) is 2.85. The molecule has 1 aromatic rings. The summed E-state index contributed by atoms with van der Waals surface area (Å²) in [7, 11) is 1.66. The lowest BCUT2D eigenvalue weighted by molar-refractivity contribution is -0.0126. The lowest BCUT2D eigenvalue weighted by Gasteiger charge is -2.19. The fraction of sp³-hybridized carbons (Fsp3) is 0.588. The molecule has 3 rings (SSSR count). The Kier molecular flexibility index (Phi) is 4.04. The van der Waals surface area contributed by atoms with Crippen LogP contribution in [-0.2, 0) is 4.84 Å². The minimum atomic E-state index is -0.0281. The smallest absolute Gasteiger partial charge is 0.161 e. The first-order valence-corrected chi connectivity index (χ1v) is 7.82. The van der Waals surface area contributed by atoms with Gasteiger partial charge in [0.2, 0.25) is 0 Å². The Morgan fingerprint density at radius 1 is 1.24 bits per heavy atom. The van der Waals surface area contributed by atoms with E-state index in [9.17, 15) is 0 Å². The monoisotopic (exact) mass is 289 g/mol. The lowest BCUT2D eigenvalue weighted by atomic mass is 9.93. The largest absolute Gasteiger partial charge is 0.493 e. The summed E-state index contributed by atoms with van der Waals surface area (Å²) in [5, 5.41) is 4.34. The molecule has 0 atom stereocenters. The summed E-state index contributed by atoms with van der Waals surface area (Å²) < 4.78 is 11.1. The SMILES string of the molecule is CCCOc1cc(C2=NOC3(CCCC3)C2)ccc1OC. The summed E-state index contributed by atoms with van der Waals surface area (Å²) in [5.74, 6) is 1.55. The zero-order chi connectivity index (χ0) is 14.7. The van der Waals surface area contributed by atoms with Gasteiger partial charge in [0, 0.05) is 12.0 Å². The van der Waals surface area contributed by atoms with Crippen LogP contribution in [0.4, 0.5) is 0 Å². The van der Waals surface area contributed by atoms with Crippen LogP contribution in [0.1, 0.15) is 51.0 Å². The van der Waals surface area contributed by atoms with Crippen LogP contribution in [0.15, 0.2) is 23.4 Å². The first kappa shape index (κ1) is 14.2. The number of hydrogen-bond donors (Lipinski definition) is 0. The molecule has 1 heterocycles. The molecule has 4 nitrogen and oxygen atoms in total. The van der Waals surface area contributed by atoms with Gasteiger partial charge in [-0.1, -0.05) is 12.1 Å². The van der Waals surface area contributed by atoms with Gasteiger partial charge < -0.3 is 14.3 Å². The first-order chi connectivity index (χ1) is 10.3. The van der Waals surface area contributed by atoms with Crippen molar-refractivity contribution in [2.24, 2.45) is 5.16 Å². The van der Waals surface area contributed by atoms with E-state index >= 15 is 0 Å². The third-order valence-electron chi connectivity index (χ3n) is 4.31. The molecule has 1 aliphatic carbocycles. The highest BCUT2D eigenvalue weighted by atomic mass is 16.7. The van der Waals surface area contributed by atoms with Gasteiger partial charge in [-0.3, -0.25) is 0 Å². The van der Waals surface area contributed by atoms with Crippen molar-refractivity contribution in [1.29, 1.82) is 0 Å². The molecular weight excluding hydrogens is 266 g/mol. The van der Waals surface area contributed by atoms with Gasteiger partial charge in [-0.25, -0.2) is 0 Å². The van der Waals surface area contributed by atoms with Crippen molar-refractivity contribution in [3.63, 3.8) is 0 Å². The predicted molar refractivity (Wildman–Crippen MR) is 82.2 cm³/mol. The summed E-state index contributed by atoms with van der Waals surface area (Å²) in [4.78, 5) is 5.76. The van der Waals surface area contributed by atoms with Crippen LogP contribution in [0, 0.1) is 0 Å². The van der Waals surface area contributed by atoms with Crippen molar-refractivity contribution in [3.05, 3.63) is 23.8 Å². The zero-order valence-corrected chi connectivity index (χ0v) is 12.9. The van der Waals surface area contributed by atoms with E-state index in [1.807, 2.05) is 18.2 Å². The van der Waals surface area contributed by atoms with Crippen LogP contribution in [0.5, 0.6) is 11.5 Å². The second kappa shape index (κ2) is 5.96. The van der Waals surface area contributed by atoms with Gasteiger partial charge in [0.1, 0.15) is 5.60 Å². The van der Waals surface area contributed by atoms with Crippen molar-refractivity contribution in [2.45, 2.75) is 51.0 Å². The Morgan fingerprint density at radius 2 is 2.05 bits per heavy atom. The Bertz CT molecular complexity index is 533. The predicted octanol–water partition coefficient (Wildman–Crippen LogP) is 3.92. The number of methoxy groups -OCH3 is 1. The van der Waals surface area contributed by atoms with E-state index in [1.54, 1.807) is 7.11 Å². The maximum Gasteiger partial charge on any atom is 0.161 e. The number of rotatable bonds is 5. The Morgan fingerprint density at radius 3 is 2.76 bits per heavy atom. The molecule has 4 heteroatoms. The molecule has 0 saturated heterocycles. The molecule has 21 heavy (non-hydrogen) atoms. The molecule has 1 spiro atoms. The van der Waals surface area contributed by atoms with E-state index in [4.69, 9.17) is 14.3 Å². The van der Waals surface area contributed by atoms with Crippen LogP contribution < -0.4 is 9.47 Å². The van der Waals surface area contributed by atoms with E-state index in [0.717, 1.165) is 48.5 Å². The second-order valence-electron chi connectivity index (χ2n) is 5.91. The first-order valence-electron chi connectivity index (χ1n) is 7.82. The summed E-state index contributed by atoms with van der Waals surface area (Å²) >= 11 is 0. The number of nitrogens with zero attached hydrogens (tertiary/aromatic N) is 1. The standard InChI is InChI=1S/C17H23NO3/c1-3-10-20-16-11-13(6-7-15(16)19-2)14-12-17(21-18-14)8-4-5-9-17/h6-7,11H,3-5,8-10,12H2,1-2H3. The molecular formula is C17H23NO3. The molecule has 1 fully saturated rings. The van der Waals surface area contributed by atoms with Gasteiger partial charge in [-0.2, -0.15) is 0 Å². The number of oxime groups is 1. The maximum atomic E-state index is 5.77. The molecule has 1 saturated carbocycles. The molecule has 0 radical (unpaired) electrons. The van der Waals surface area contributed by atoms with Crippen LogP contribution in [0.25, 0.3) is 0 Å². The fourth-order valence-corrected chi connectivity index (χ4v) is 3.14. The molecule has 0 N–H and O–H groups in total. The molecule has 0 unspecified atom stereocenters. The summed E-state index contributed by atoms with van der Waals surface area (Å²) in [6, 6.07) is 6.00. The molecule has 0 aromatic heterocycles. The van der Waals surface area contributed by atoms with Crippen LogP contribution >= 0.6 is 0 Å². The third-order valence-corrected chi connectivity index (χ3v) is 4.31. The molecule has 0 bridgehead atoms. The molecule has 1 aromatic carbocycles. The van der Waals surface area contributed by atoms with E-state index in [0.29, 0.717) is 6.61 Å². The van der Waals surface area contributed by atoms with E-state index in [2.05, 4.69) is 12.1 Å². The Hall–Kier alpha value is -1.71. The van der Waals surface area contributed by atoms with Crippen molar-refractivity contribution < 1.29 is 14.3 Å². The number of hydrogen-bond acceptors (Lipinski definition) is 4. The van der Waals surface area contributed by atoms with Gasteiger partial charge in [0.15, 0.2) is 11.5 Å². The second-order valence-corrected chi connectivity index (χ2v) is 5.91. The highest BCUT2D eigenvalue weighted by molar-refractivity contribution is 6.02. The van der Waals surface area contributed by atoms with E-state index < -0.39 is 0 Å². The normalized spacial score (nSPS) is 19.4. The highest BCUT2D eigenvalue weighted by Crippen LogP contribution is 2.41. The molecule has 0 amide bonds. The van der Waals surface area contributed by atoms with Gasteiger partial charge in [-0.15, -0.1) is 0 Å². The highest BCUT2D eigenvalue weighted by Gasteiger charge is 2.42. The van der Waals surface area contributed by atoms with Crippen LogP contribution in [-0.4, -0.2) is 25.0 Å². The maximum absolute atomic E-state index is 5.77. The fourth-order valence-electron chi connectivity index (χ4n) is 3.14. The van der Waals surface area contributed by atoms with E-state index in [1.165, 1.54) is 12.8 Å². The van der Waals surface area contributed by atoms with E-state index in [-0.39, 0.29) is 5.60 Å². The summed E-state index contributed by atoms with van der Waals surface area (Å²) in [6.45, 7) is 2.78. The summed E-state index contributed by atoms with van der Waals surface area (Å²) in [6.07, 6.45) is 6.62. The van der Waals surface area contributed by atoms with Crippen molar-refractivity contribution in [1.82, 2.24) is 0 Å². The topological polar surface area (TPSA) is 40.0 Å². The molecule has 2 aliphatic rings. The van der Waals surface area contributed by atoms with Gasteiger partial charge >= 0.3 is 0 Å². The Labute approximate surface area is 126 Å². The molecule has 1 aliphatic heterocycles. The van der Waals surface area contributed by atoms with Crippen molar-refractivity contribution >= 4 is 5.71 Å². The average Bonchev–Trinajstić information content (AvgIpc) is 3.15. The quantitative estimate of drug-likeness (QED) is 0.824. The molecule has 114 valence electrons. The minimum Gasteiger partial charge on any atom is -0.493 e. The Balaban J connectivity index is 1.79. The number of benzene rings is 1. The minimum absolute atomic E-state index is 0.0281. The van der Waals surface area contributed by atoms with Crippen molar-refractivity contribution in [2.75, 3.05) is 13.7 Å². The van der Waals surface area contributed by atoms with Crippen LogP contribution in [0.3, 0.4) is 0 Å². The zero-order valence-electron chi connectivity index (χ0n) is 12.9. The van der Waals surface area contributed by atoms with Gasteiger partial charge in [-0.05, 0) is 50.3 Å². The van der Waals surface area contributed by atoms with Crippen LogP contribution in [0.2, 0.25) is 0 Å².